The first-order chi connectivity index (χ1) is 13.3. The Hall–Kier alpha value is -1.94. The van der Waals surface area contributed by atoms with Crippen LogP contribution in [0.5, 0.6) is 5.75 Å². The van der Waals surface area contributed by atoms with Crippen molar-refractivity contribution in [3.63, 3.8) is 0 Å². The third-order valence-electron chi connectivity index (χ3n) is 4.88. The molecule has 0 radical (unpaired) electrons. The zero-order valence-corrected chi connectivity index (χ0v) is 16.5. The average molecular weight is 428 g/mol. The topological polar surface area (TPSA) is 92.6 Å². The second-order valence-corrected chi connectivity index (χ2v) is 8.62. The zero-order chi connectivity index (χ0) is 20.0. The van der Waals surface area contributed by atoms with Gasteiger partial charge < -0.3 is 19.7 Å². The molecule has 0 bridgehead atoms. The number of hydrogen-bond donors (Lipinski definition) is 3. The first-order valence-corrected chi connectivity index (χ1v) is 10.3. The molecule has 1 aliphatic carbocycles. The summed E-state index contributed by atoms with van der Waals surface area (Å²) in [5.41, 5.74) is 0.494. The monoisotopic (exact) mass is 427 g/mol. The summed E-state index contributed by atoms with van der Waals surface area (Å²) in [6.07, 6.45) is 2.78. The number of ether oxygens (including phenoxy) is 1. The highest BCUT2D eigenvalue weighted by molar-refractivity contribution is 7.83. The van der Waals surface area contributed by atoms with Crippen molar-refractivity contribution in [2.75, 3.05) is 11.9 Å². The lowest BCUT2D eigenvalue weighted by molar-refractivity contribution is 0.0902. The van der Waals surface area contributed by atoms with E-state index in [2.05, 4.69) is 10.0 Å². The average Bonchev–Trinajstić information content (AvgIpc) is 3.45. The smallest absolute Gasteiger partial charge is 0.276 e. The van der Waals surface area contributed by atoms with Crippen LogP contribution in [-0.2, 0) is 18.0 Å². The van der Waals surface area contributed by atoms with Gasteiger partial charge in [0.15, 0.2) is 11.4 Å². The molecule has 150 valence electrons. The van der Waals surface area contributed by atoms with Gasteiger partial charge in [0.1, 0.15) is 28.3 Å². The summed E-state index contributed by atoms with van der Waals surface area (Å²) in [4.78, 5) is 13.1. The fourth-order valence-corrected chi connectivity index (χ4v) is 4.59. The maximum atomic E-state index is 13.3. The predicted octanol–water partition coefficient (Wildman–Crippen LogP) is 2.21. The van der Waals surface area contributed by atoms with Gasteiger partial charge in [-0.05, 0) is 37.0 Å². The van der Waals surface area contributed by atoms with Gasteiger partial charge in [0.25, 0.3) is 5.91 Å². The van der Waals surface area contributed by atoms with Gasteiger partial charge in [0, 0.05) is 18.9 Å². The zero-order valence-electron chi connectivity index (χ0n) is 14.9. The summed E-state index contributed by atoms with van der Waals surface area (Å²) in [5.74, 6) is -0.709. The molecule has 1 aliphatic heterocycles. The molecule has 1 amide bonds. The second-order valence-electron chi connectivity index (χ2n) is 7.00. The second kappa shape index (κ2) is 7.47. The highest BCUT2D eigenvalue weighted by Crippen LogP contribution is 2.36. The van der Waals surface area contributed by atoms with Crippen LogP contribution in [0, 0.1) is 11.7 Å². The molecule has 0 spiro atoms. The summed E-state index contributed by atoms with van der Waals surface area (Å²) in [5, 5.41) is 12.9. The molecular formula is C18H19ClFN3O4S. The third-order valence-corrected chi connectivity index (χ3v) is 6.37. The van der Waals surface area contributed by atoms with Gasteiger partial charge in [0.05, 0.1) is 17.2 Å². The van der Waals surface area contributed by atoms with Crippen LogP contribution in [-0.4, -0.2) is 38.5 Å². The van der Waals surface area contributed by atoms with Crippen LogP contribution in [0.15, 0.2) is 29.3 Å². The summed E-state index contributed by atoms with van der Waals surface area (Å²) >= 11 is 5.76. The summed E-state index contributed by atoms with van der Waals surface area (Å²) in [7, 11) is -0.000510. The maximum absolute atomic E-state index is 13.3. The molecule has 10 heteroatoms. The van der Waals surface area contributed by atoms with Crippen LogP contribution in [0.1, 0.15) is 23.3 Å². The number of fused-ring (bicyclic) bond motifs is 1. The molecule has 2 heterocycles. The number of nitrogens with one attached hydrogen (secondary N) is 2. The van der Waals surface area contributed by atoms with Gasteiger partial charge in [-0.2, -0.15) is 0 Å². The van der Waals surface area contributed by atoms with Crippen molar-refractivity contribution in [1.29, 1.82) is 0 Å². The number of benzene rings is 1. The van der Waals surface area contributed by atoms with Gasteiger partial charge >= 0.3 is 0 Å². The van der Waals surface area contributed by atoms with Crippen LogP contribution < -0.4 is 14.8 Å². The van der Waals surface area contributed by atoms with E-state index in [1.165, 1.54) is 16.7 Å². The van der Waals surface area contributed by atoms with E-state index in [9.17, 15) is 18.5 Å². The molecule has 3 N–H and O–H groups in total. The van der Waals surface area contributed by atoms with Gasteiger partial charge in [-0.15, -0.1) is 0 Å². The van der Waals surface area contributed by atoms with E-state index in [0.717, 1.165) is 18.9 Å². The number of aliphatic hydroxyl groups is 1. The lowest BCUT2D eigenvalue weighted by Gasteiger charge is -2.21. The third kappa shape index (κ3) is 3.67. The Bertz CT molecular complexity index is 963. The Kier molecular flexibility index (Phi) is 5.17. The maximum Gasteiger partial charge on any atom is 0.276 e. The number of aromatic nitrogens is 1. The lowest BCUT2D eigenvalue weighted by atomic mass is 10.1. The van der Waals surface area contributed by atoms with Crippen molar-refractivity contribution < 1.29 is 23.2 Å². The molecule has 1 saturated carbocycles. The molecular weight excluding hydrogens is 409 g/mol. The molecule has 2 aromatic rings. The Morgan fingerprint density at radius 1 is 1.50 bits per heavy atom. The number of carbonyl (C=O) groups excluding carboxylic acids is 1. The van der Waals surface area contributed by atoms with Gasteiger partial charge in [-0.1, -0.05) is 11.6 Å². The molecule has 2 unspecified atom stereocenters. The van der Waals surface area contributed by atoms with Gasteiger partial charge in [-0.25, -0.2) is 13.3 Å². The molecule has 1 aromatic heterocycles. The van der Waals surface area contributed by atoms with Crippen LogP contribution >= 0.6 is 11.6 Å². The molecule has 7 nitrogen and oxygen atoms in total. The summed E-state index contributed by atoms with van der Waals surface area (Å²) < 4.78 is 36.2. The quantitative estimate of drug-likeness (QED) is 0.697. The first kappa shape index (κ1) is 19.4. The van der Waals surface area contributed by atoms with Gasteiger partial charge in [-0.3, -0.25) is 4.79 Å². The molecule has 28 heavy (non-hydrogen) atoms. The van der Waals surface area contributed by atoms with Crippen molar-refractivity contribution >= 4 is 34.2 Å². The van der Waals surface area contributed by atoms with Crippen molar-refractivity contribution in [2.45, 2.75) is 29.9 Å². The molecule has 1 fully saturated rings. The van der Waals surface area contributed by atoms with Crippen LogP contribution in [0.3, 0.4) is 0 Å². The van der Waals surface area contributed by atoms with E-state index in [0.29, 0.717) is 10.6 Å². The molecule has 2 aliphatic rings. The lowest BCUT2D eigenvalue weighted by Crippen LogP contribution is -2.44. The molecule has 0 saturated heterocycles. The highest BCUT2D eigenvalue weighted by Gasteiger charge is 2.39. The number of hydrogen-bond acceptors (Lipinski definition) is 4. The van der Waals surface area contributed by atoms with Gasteiger partial charge in [0.2, 0.25) is 0 Å². The van der Waals surface area contributed by atoms with E-state index >= 15 is 0 Å². The minimum Gasteiger partial charge on any atom is -0.488 e. The van der Waals surface area contributed by atoms with Crippen molar-refractivity contribution in [3.05, 3.63) is 40.9 Å². The van der Waals surface area contributed by atoms with E-state index in [-0.39, 0.29) is 29.0 Å². The number of amides is 1. The summed E-state index contributed by atoms with van der Waals surface area (Å²) in [6.45, 7) is 0.0864. The highest BCUT2D eigenvalue weighted by atomic mass is 35.5. The fraction of sp³-hybridized carbons (Fsp3) is 0.389. The minimum atomic E-state index is -1.64. The van der Waals surface area contributed by atoms with Crippen molar-refractivity contribution in [2.24, 2.45) is 13.0 Å². The Balaban J connectivity index is 1.59. The Morgan fingerprint density at radius 3 is 2.93 bits per heavy atom. The van der Waals surface area contributed by atoms with E-state index < -0.39 is 34.9 Å². The number of anilines is 1. The van der Waals surface area contributed by atoms with Crippen LogP contribution in [0.2, 0.25) is 5.02 Å². The summed E-state index contributed by atoms with van der Waals surface area (Å²) in [6, 6.07) is 3.36. The number of aliphatic hydroxyl groups excluding tert-OH is 1. The largest absolute Gasteiger partial charge is 0.488 e. The normalized spacial score (nSPS) is 22.7. The molecule has 4 rings (SSSR count). The minimum absolute atomic E-state index is 0.0864. The standard InChI is InChI=1S/C18H19ClFN3O4S/c1-23-7-14-17(27-8-13(22-28(14)26)16(24)9-2-3-9)15(23)18(25)21-10-4-5-12(20)11(19)6-10/h4-7,9,13,16,22,24H,2-3,8H2,1H3,(H,21,25)/t13-,16?,28?/m1/s1. The van der Waals surface area contributed by atoms with E-state index in [1.807, 2.05) is 0 Å². The van der Waals surface area contributed by atoms with Crippen LogP contribution in [0.4, 0.5) is 10.1 Å². The Labute approximate surface area is 168 Å². The SMILES string of the molecule is Cn1cc2c(c1C(=O)Nc1ccc(F)c(Cl)c1)OC[C@H](C(O)C1CC1)NS2=O. The van der Waals surface area contributed by atoms with Crippen molar-refractivity contribution in [1.82, 2.24) is 9.29 Å². The Morgan fingerprint density at radius 2 is 2.25 bits per heavy atom. The number of nitrogens with zero attached hydrogens (tertiary/aromatic N) is 1. The van der Waals surface area contributed by atoms with E-state index in [4.69, 9.17) is 16.3 Å². The number of rotatable bonds is 4. The van der Waals surface area contributed by atoms with Crippen LogP contribution in [0.25, 0.3) is 0 Å². The fourth-order valence-electron chi connectivity index (χ4n) is 3.22. The predicted molar refractivity (Wildman–Crippen MR) is 102 cm³/mol. The number of aryl methyl sites for hydroxylation is 1. The van der Waals surface area contributed by atoms with E-state index in [1.54, 1.807) is 13.2 Å². The number of carbonyl (C=O) groups is 1. The first-order valence-electron chi connectivity index (χ1n) is 8.79. The number of halogens is 2. The molecule has 3 atom stereocenters. The van der Waals surface area contributed by atoms with Crippen molar-refractivity contribution in [3.8, 4) is 5.75 Å². The molecule has 1 aromatic carbocycles.